The number of anilines is 1. The smallest absolute Gasteiger partial charge is 0.253 e. The quantitative estimate of drug-likeness (QED) is 0.729. The lowest BCUT2D eigenvalue weighted by Gasteiger charge is -2.10. The topological polar surface area (TPSA) is 50.4 Å². The molecular weight excluding hydrogens is 228 g/mol. The molecule has 1 aromatic carbocycles. The van der Waals surface area contributed by atoms with Gasteiger partial charge in [-0.25, -0.2) is 0 Å². The first-order valence-electron chi connectivity index (χ1n) is 6.28. The SMILES string of the molecule is CNc1ccccc1C(=O)NCCOCC(C)C. The Morgan fingerprint density at radius 2 is 2.06 bits per heavy atom. The fourth-order valence-corrected chi connectivity index (χ4v) is 1.55. The number of nitrogens with one attached hydrogen (secondary N) is 2. The van der Waals surface area contributed by atoms with Crippen LogP contribution in [0.15, 0.2) is 24.3 Å². The zero-order valence-electron chi connectivity index (χ0n) is 11.3. The van der Waals surface area contributed by atoms with Gasteiger partial charge in [0.1, 0.15) is 0 Å². The fourth-order valence-electron chi connectivity index (χ4n) is 1.55. The Kier molecular flexibility index (Phi) is 6.22. The summed E-state index contributed by atoms with van der Waals surface area (Å²) in [5.41, 5.74) is 1.49. The second-order valence-corrected chi connectivity index (χ2v) is 4.52. The molecule has 1 amide bonds. The summed E-state index contributed by atoms with van der Waals surface area (Å²) in [4.78, 5) is 11.9. The van der Waals surface area contributed by atoms with Crippen molar-refractivity contribution < 1.29 is 9.53 Å². The number of benzene rings is 1. The Balaban J connectivity index is 2.36. The third-order valence-corrected chi connectivity index (χ3v) is 2.42. The third kappa shape index (κ3) is 4.75. The van der Waals surface area contributed by atoms with Crippen molar-refractivity contribution >= 4 is 11.6 Å². The van der Waals surface area contributed by atoms with Gasteiger partial charge in [0.2, 0.25) is 0 Å². The minimum Gasteiger partial charge on any atom is -0.387 e. The van der Waals surface area contributed by atoms with E-state index in [-0.39, 0.29) is 5.91 Å². The van der Waals surface area contributed by atoms with Gasteiger partial charge in [-0.05, 0) is 18.1 Å². The zero-order valence-corrected chi connectivity index (χ0v) is 11.3. The van der Waals surface area contributed by atoms with Crippen LogP contribution in [0.1, 0.15) is 24.2 Å². The number of ether oxygens (including phenoxy) is 1. The van der Waals surface area contributed by atoms with Crippen LogP contribution in [-0.4, -0.2) is 32.7 Å². The van der Waals surface area contributed by atoms with Crippen molar-refractivity contribution in [3.05, 3.63) is 29.8 Å². The average molecular weight is 250 g/mol. The third-order valence-electron chi connectivity index (χ3n) is 2.42. The number of rotatable bonds is 7. The molecule has 2 N–H and O–H groups in total. The summed E-state index contributed by atoms with van der Waals surface area (Å²) in [5.74, 6) is 0.443. The number of amides is 1. The van der Waals surface area contributed by atoms with Crippen LogP contribution in [0.3, 0.4) is 0 Å². The lowest BCUT2D eigenvalue weighted by molar-refractivity contribution is 0.0887. The van der Waals surface area contributed by atoms with Gasteiger partial charge in [0.15, 0.2) is 0 Å². The van der Waals surface area contributed by atoms with Crippen molar-refractivity contribution in [3.8, 4) is 0 Å². The van der Waals surface area contributed by atoms with Crippen LogP contribution in [0.25, 0.3) is 0 Å². The van der Waals surface area contributed by atoms with Crippen LogP contribution in [0.5, 0.6) is 0 Å². The fraction of sp³-hybridized carbons (Fsp3) is 0.500. The summed E-state index contributed by atoms with van der Waals surface area (Å²) in [7, 11) is 1.80. The van der Waals surface area contributed by atoms with Gasteiger partial charge < -0.3 is 15.4 Å². The molecule has 0 saturated carbocycles. The van der Waals surface area contributed by atoms with E-state index in [2.05, 4.69) is 24.5 Å². The highest BCUT2D eigenvalue weighted by Crippen LogP contribution is 2.13. The molecular formula is C14H22N2O2. The molecule has 0 atom stereocenters. The van der Waals surface area contributed by atoms with E-state index < -0.39 is 0 Å². The molecule has 0 radical (unpaired) electrons. The van der Waals surface area contributed by atoms with E-state index >= 15 is 0 Å². The highest BCUT2D eigenvalue weighted by atomic mass is 16.5. The molecule has 1 rings (SSSR count). The summed E-state index contributed by atoms with van der Waals surface area (Å²) in [6, 6.07) is 7.43. The van der Waals surface area contributed by atoms with Crippen molar-refractivity contribution in [3.63, 3.8) is 0 Å². The van der Waals surface area contributed by atoms with E-state index in [1.807, 2.05) is 18.2 Å². The van der Waals surface area contributed by atoms with Gasteiger partial charge in [-0.2, -0.15) is 0 Å². The van der Waals surface area contributed by atoms with Gasteiger partial charge in [-0.3, -0.25) is 4.79 Å². The largest absolute Gasteiger partial charge is 0.387 e. The van der Waals surface area contributed by atoms with Crippen molar-refractivity contribution in [1.82, 2.24) is 5.32 Å². The molecule has 0 aliphatic heterocycles. The van der Waals surface area contributed by atoms with Crippen LogP contribution in [-0.2, 0) is 4.74 Å². The van der Waals surface area contributed by atoms with Crippen molar-refractivity contribution in [2.24, 2.45) is 5.92 Å². The van der Waals surface area contributed by atoms with Crippen LogP contribution in [0.4, 0.5) is 5.69 Å². The predicted octanol–water partition coefficient (Wildman–Crippen LogP) is 2.13. The summed E-state index contributed by atoms with van der Waals surface area (Å²) in [6.07, 6.45) is 0. The van der Waals surface area contributed by atoms with E-state index in [0.717, 1.165) is 12.3 Å². The number of carbonyl (C=O) groups is 1. The van der Waals surface area contributed by atoms with E-state index in [1.54, 1.807) is 13.1 Å². The first-order valence-corrected chi connectivity index (χ1v) is 6.28. The van der Waals surface area contributed by atoms with E-state index in [0.29, 0.717) is 24.6 Å². The summed E-state index contributed by atoms with van der Waals surface area (Å²) < 4.78 is 5.41. The molecule has 0 unspecified atom stereocenters. The van der Waals surface area contributed by atoms with E-state index in [4.69, 9.17) is 4.74 Å². The maximum Gasteiger partial charge on any atom is 0.253 e. The Bertz CT molecular complexity index is 378. The minimum atomic E-state index is -0.0758. The Morgan fingerprint density at radius 3 is 2.72 bits per heavy atom. The molecule has 100 valence electrons. The molecule has 0 saturated heterocycles. The van der Waals surface area contributed by atoms with Gasteiger partial charge in [0, 0.05) is 25.9 Å². The maximum atomic E-state index is 11.9. The molecule has 0 heterocycles. The van der Waals surface area contributed by atoms with Crippen LogP contribution in [0, 0.1) is 5.92 Å². The molecule has 0 bridgehead atoms. The molecule has 18 heavy (non-hydrogen) atoms. The number of carbonyl (C=O) groups excluding carboxylic acids is 1. The number of para-hydroxylation sites is 1. The number of hydrogen-bond acceptors (Lipinski definition) is 3. The van der Waals surface area contributed by atoms with E-state index in [9.17, 15) is 4.79 Å². The Morgan fingerprint density at radius 1 is 1.33 bits per heavy atom. The van der Waals surface area contributed by atoms with Crippen molar-refractivity contribution in [1.29, 1.82) is 0 Å². The first kappa shape index (κ1) is 14.5. The Labute approximate surface area is 109 Å². The minimum absolute atomic E-state index is 0.0758. The van der Waals surface area contributed by atoms with Gasteiger partial charge in [-0.15, -0.1) is 0 Å². The van der Waals surface area contributed by atoms with Crippen LogP contribution in [0.2, 0.25) is 0 Å². The standard InChI is InChI=1S/C14H22N2O2/c1-11(2)10-18-9-8-16-14(17)12-6-4-5-7-13(12)15-3/h4-7,11,15H,8-10H2,1-3H3,(H,16,17). The molecule has 0 aromatic heterocycles. The predicted molar refractivity (Wildman–Crippen MR) is 74.0 cm³/mol. The van der Waals surface area contributed by atoms with Crippen molar-refractivity contribution in [2.45, 2.75) is 13.8 Å². The normalized spacial score (nSPS) is 10.4. The molecule has 4 nitrogen and oxygen atoms in total. The van der Waals surface area contributed by atoms with Crippen LogP contribution >= 0.6 is 0 Å². The van der Waals surface area contributed by atoms with Gasteiger partial charge >= 0.3 is 0 Å². The molecule has 0 spiro atoms. The van der Waals surface area contributed by atoms with Gasteiger partial charge in [-0.1, -0.05) is 26.0 Å². The summed E-state index contributed by atoms with van der Waals surface area (Å²) >= 11 is 0. The Hall–Kier alpha value is -1.55. The van der Waals surface area contributed by atoms with Crippen LogP contribution < -0.4 is 10.6 Å². The average Bonchev–Trinajstić information content (AvgIpc) is 2.37. The molecule has 0 aliphatic carbocycles. The first-order chi connectivity index (χ1) is 8.65. The lowest BCUT2D eigenvalue weighted by Crippen LogP contribution is -2.28. The van der Waals surface area contributed by atoms with Gasteiger partial charge in [0.25, 0.3) is 5.91 Å². The number of hydrogen-bond donors (Lipinski definition) is 2. The highest BCUT2D eigenvalue weighted by Gasteiger charge is 2.08. The van der Waals surface area contributed by atoms with E-state index in [1.165, 1.54) is 0 Å². The molecule has 1 aromatic rings. The van der Waals surface area contributed by atoms with Crippen molar-refractivity contribution in [2.75, 3.05) is 32.1 Å². The molecule has 0 fully saturated rings. The molecule has 0 aliphatic rings. The monoisotopic (exact) mass is 250 g/mol. The highest BCUT2D eigenvalue weighted by molar-refractivity contribution is 5.99. The zero-order chi connectivity index (χ0) is 13.4. The second-order valence-electron chi connectivity index (χ2n) is 4.52. The summed E-state index contributed by atoms with van der Waals surface area (Å²) in [6.45, 7) is 6.00. The second kappa shape index (κ2) is 7.71. The van der Waals surface area contributed by atoms with Gasteiger partial charge in [0.05, 0.1) is 12.2 Å². The maximum absolute atomic E-state index is 11.9. The summed E-state index contributed by atoms with van der Waals surface area (Å²) in [5, 5.41) is 5.84. The molecule has 4 heteroatoms. The lowest BCUT2D eigenvalue weighted by atomic mass is 10.1.